The minimum absolute atomic E-state index is 0.0226. The highest BCUT2D eigenvalue weighted by atomic mass is 127. The lowest BCUT2D eigenvalue weighted by Gasteiger charge is -2.07. The Hall–Kier alpha value is -1.25. The van der Waals surface area contributed by atoms with Gasteiger partial charge in [-0.25, -0.2) is 18.4 Å². The Kier molecular flexibility index (Phi) is 3.55. The van der Waals surface area contributed by atoms with E-state index in [-0.39, 0.29) is 11.6 Å². The summed E-state index contributed by atoms with van der Waals surface area (Å²) in [6.07, 6.45) is 3.18. The number of pyridine rings is 1. The Morgan fingerprint density at radius 1 is 1.41 bits per heavy atom. The predicted octanol–water partition coefficient (Wildman–Crippen LogP) is 2.58. The van der Waals surface area contributed by atoms with Crippen LogP contribution < -0.4 is 5.32 Å². The van der Waals surface area contributed by atoms with Crippen molar-refractivity contribution in [2.45, 2.75) is 6.92 Å². The molecule has 0 atom stereocenters. The average Bonchev–Trinajstić information content (AvgIpc) is 2.69. The van der Waals surface area contributed by atoms with Crippen LogP contribution in [0, 0.1) is 15.2 Å². The number of aromatic nitrogens is 3. The summed E-state index contributed by atoms with van der Waals surface area (Å²) >= 11 is 2.05. The van der Waals surface area contributed by atoms with Gasteiger partial charge in [-0.05, 0) is 29.5 Å². The maximum absolute atomic E-state index is 13.6. The van der Waals surface area contributed by atoms with Gasteiger partial charge in [0.2, 0.25) is 0 Å². The minimum Gasteiger partial charge on any atom is -0.368 e. The summed E-state index contributed by atoms with van der Waals surface area (Å²) in [4.78, 5) is 3.88. The molecule has 0 aromatic carbocycles. The van der Waals surface area contributed by atoms with Crippen molar-refractivity contribution in [3.8, 4) is 5.82 Å². The Morgan fingerprint density at radius 2 is 2.18 bits per heavy atom. The number of hydrogen-bond acceptors (Lipinski definition) is 3. The molecule has 0 saturated carbocycles. The number of nitrogens with zero attached hydrogens (tertiary/aromatic N) is 3. The van der Waals surface area contributed by atoms with Crippen LogP contribution in [0.4, 0.5) is 14.6 Å². The molecular formula is C10H9F2IN4. The van der Waals surface area contributed by atoms with Gasteiger partial charge >= 0.3 is 0 Å². The van der Waals surface area contributed by atoms with Crippen LogP contribution in [0.2, 0.25) is 0 Å². The van der Waals surface area contributed by atoms with Crippen molar-refractivity contribution >= 4 is 28.4 Å². The molecule has 0 aliphatic carbocycles. The van der Waals surface area contributed by atoms with E-state index in [1.807, 2.05) is 22.6 Å². The molecule has 0 amide bonds. The molecule has 0 fully saturated rings. The molecule has 4 nitrogen and oxygen atoms in total. The monoisotopic (exact) mass is 350 g/mol. The molecule has 90 valence electrons. The molecule has 17 heavy (non-hydrogen) atoms. The molecule has 0 aliphatic heterocycles. The maximum Gasteiger partial charge on any atom is 0.191 e. The van der Waals surface area contributed by atoms with Crippen molar-refractivity contribution in [1.29, 1.82) is 0 Å². The third kappa shape index (κ3) is 2.54. The van der Waals surface area contributed by atoms with Crippen molar-refractivity contribution in [2.24, 2.45) is 0 Å². The summed E-state index contributed by atoms with van der Waals surface area (Å²) in [5.74, 6) is -1.46. The van der Waals surface area contributed by atoms with E-state index in [1.165, 1.54) is 4.68 Å². The summed E-state index contributed by atoms with van der Waals surface area (Å²) in [5, 5.41) is 6.66. The smallest absolute Gasteiger partial charge is 0.191 e. The highest BCUT2D eigenvalue weighted by Gasteiger charge is 2.13. The quantitative estimate of drug-likeness (QED) is 0.866. The highest BCUT2D eigenvalue weighted by Crippen LogP contribution is 2.18. The molecule has 7 heteroatoms. The van der Waals surface area contributed by atoms with Crippen molar-refractivity contribution in [3.05, 3.63) is 33.7 Å². The van der Waals surface area contributed by atoms with Gasteiger partial charge in [-0.1, -0.05) is 0 Å². The van der Waals surface area contributed by atoms with Crippen LogP contribution in [0.15, 0.2) is 18.5 Å². The van der Waals surface area contributed by atoms with Gasteiger partial charge in [0.15, 0.2) is 23.3 Å². The summed E-state index contributed by atoms with van der Waals surface area (Å²) in [5.41, 5.74) is 0. The van der Waals surface area contributed by atoms with E-state index < -0.39 is 11.6 Å². The molecule has 0 radical (unpaired) electrons. The summed E-state index contributed by atoms with van der Waals surface area (Å²) < 4.78 is 29.0. The fourth-order valence-corrected chi connectivity index (χ4v) is 1.71. The first kappa shape index (κ1) is 12.2. The predicted molar refractivity (Wildman–Crippen MR) is 68.2 cm³/mol. The van der Waals surface area contributed by atoms with Crippen molar-refractivity contribution in [2.75, 3.05) is 11.9 Å². The number of anilines is 1. The Morgan fingerprint density at radius 3 is 2.76 bits per heavy atom. The van der Waals surface area contributed by atoms with Crippen LogP contribution >= 0.6 is 22.6 Å². The van der Waals surface area contributed by atoms with Gasteiger partial charge in [0, 0.05) is 18.8 Å². The van der Waals surface area contributed by atoms with E-state index in [4.69, 9.17) is 0 Å². The van der Waals surface area contributed by atoms with E-state index in [9.17, 15) is 8.78 Å². The fraction of sp³-hybridized carbons (Fsp3) is 0.200. The lowest BCUT2D eigenvalue weighted by Crippen LogP contribution is -2.08. The van der Waals surface area contributed by atoms with E-state index in [2.05, 4.69) is 15.4 Å². The first-order valence-electron chi connectivity index (χ1n) is 4.92. The lowest BCUT2D eigenvalue weighted by molar-refractivity contribution is 0.563. The van der Waals surface area contributed by atoms with Crippen molar-refractivity contribution in [3.63, 3.8) is 0 Å². The van der Waals surface area contributed by atoms with E-state index in [0.717, 1.165) is 9.64 Å². The molecule has 2 rings (SSSR count). The minimum atomic E-state index is -0.747. The molecule has 0 saturated heterocycles. The normalized spacial score (nSPS) is 10.6. The Bertz CT molecular complexity index is 541. The molecule has 2 aromatic heterocycles. The molecular weight excluding hydrogens is 341 g/mol. The van der Waals surface area contributed by atoms with Crippen LogP contribution in [0.5, 0.6) is 0 Å². The molecule has 0 unspecified atom stereocenters. The van der Waals surface area contributed by atoms with Gasteiger partial charge in [0.05, 0.1) is 9.77 Å². The molecule has 2 heterocycles. The lowest BCUT2D eigenvalue weighted by atomic mass is 10.4. The first-order chi connectivity index (χ1) is 8.11. The summed E-state index contributed by atoms with van der Waals surface area (Å²) in [7, 11) is 0. The van der Waals surface area contributed by atoms with Crippen molar-refractivity contribution < 1.29 is 8.78 Å². The number of hydrogen-bond donors (Lipinski definition) is 1. The van der Waals surface area contributed by atoms with Crippen LogP contribution in [-0.2, 0) is 0 Å². The number of nitrogens with one attached hydrogen (secondary N) is 1. The van der Waals surface area contributed by atoms with Crippen LogP contribution in [0.3, 0.4) is 0 Å². The second-order valence-corrected chi connectivity index (χ2v) is 4.50. The van der Waals surface area contributed by atoms with Crippen molar-refractivity contribution in [1.82, 2.24) is 14.8 Å². The highest BCUT2D eigenvalue weighted by molar-refractivity contribution is 14.1. The first-order valence-corrected chi connectivity index (χ1v) is 6.00. The fourth-order valence-electron chi connectivity index (χ4n) is 1.33. The summed E-state index contributed by atoms with van der Waals surface area (Å²) in [6, 6.07) is 0.800. The molecule has 2 aromatic rings. The zero-order valence-corrected chi connectivity index (χ0v) is 11.1. The van der Waals surface area contributed by atoms with Crippen LogP contribution in [0.25, 0.3) is 5.82 Å². The average molecular weight is 350 g/mol. The maximum atomic E-state index is 13.6. The van der Waals surface area contributed by atoms with E-state index in [1.54, 1.807) is 19.3 Å². The third-order valence-electron chi connectivity index (χ3n) is 2.02. The van der Waals surface area contributed by atoms with Gasteiger partial charge in [0.1, 0.15) is 0 Å². The van der Waals surface area contributed by atoms with Gasteiger partial charge in [-0.2, -0.15) is 5.10 Å². The Balaban J connectivity index is 2.50. The molecule has 0 aliphatic rings. The topological polar surface area (TPSA) is 42.7 Å². The van der Waals surface area contributed by atoms with Crippen LogP contribution in [-0.4, -0.2) is 21.3 Å². The molecule has 1 N–H and O–H groups in total. The van der Waals surface area contributed by atoms with E-state index >= 15 is 0 Å². The van der Waals surface area contributed by atoms with Gasteiger partial charge in [-0.3, -0.25) is 0 Å². The van der Waals surface area contributed by atoms with Gasteiger partial charge < -0.3 is 5.32 Å². The Labute approximate surface area is 110 Å². The largest absolute Gasteiger partial charge is 0.368 e. The zero-order chi connectivity index (χ0) is 12.4. The second kappa shape index (κ2) is 4.94. The van der Waals surface area contributed by atoms with Gasteiger partial charge in [-0.15, -0.1) is 0 Å². The molecule has 0 bridgehead atoms. The molecule has 0 spiro atoms. The number of rotatable bonds is 3. The SMILES string of the molecule is CCNc1nc(-n2cc(I)cn2)c(F)cc1F. The number of halogens is 3. The second-order valence-electron chi connectivity index (χ2n) is 3.26. The standard InChI is InChI=1S/C10H9F2IN4/c1-2-14-9-7(11)3-8(12)10(16-9)17-5-6(13)4-15-17/h3-5H,2H2,1H3,(H,14,16). The zero-order valence-electron chi connectivity index (χ0n) is 8.91. The third-order valence-corrected chi connectivity index (χ3v) is 2.58. The van der Waals surface area contributed by atoms with Crippen LogP contribution in [0.1, 0.15) is 6.92 Å². The summed E-state index contributed by atoms with van der Waals surface area (Å²) in [6.45, 7) is 2.31. The van der Waals surface area contributed by atoms with E-state index in [0.29, 0.717) is 6.54 Å². The van der Waals surface area contributed by atoms with Gasteiger partial charge in [0.25, 0.3) is 0 Å².